The van der Waals surface area contributed by atoms with Gasteiger partial charge in [-0.15, -0.1) is 0 Å². The first kappa shape index (κ1) is 41.2. The third-order valence-corrected chi connectivity index (χ3v) is 13.9. The second-order valence-electron chi connectivity index (χ2n) is 18.2. The number of nitrogens with zero attached hydrogens (tertiary/aromatic N) is 6. The summed E-state index contributed by atoms with van der Waals surface area (Å²) in [7, 11) is 0. The van der Waals surface area contributed by atoms with E-state index in [-0.39, 0.29) is 0 Å². The van der Waals surface area contributed by atoms with Crippen LogP contribution in [-0.4, -0.2) is 29.1 Å². The fourth-order valence-corrected chi connectivity index (χ4v) is 10.6. The van der Waals surface area contributed by atoms with Crippen LogP contribution in [0.3, 0.4) is 0 Å². The fourth-order valence-electron chi connectivity index (χ4n) is 10.6. The van der Waals surface area contributed by atoms with Crippen LogP contribution in [0.15, 0.2) is 255 Å². The van der Waals surface area contributed by atoms with Gasteiger partial charge < -0.3 is 9.13 Å². The molecule has 336 valence electrons. The Bertz CT molecular complexity index is 4310. The molecule has 14 aromatic rings. The molecule has 0 aliphatic rings. The van der Waals surface area contributed by atoms with E-state index < -0.39 is 0 Å². The summed E-state index contributed by atoms with van der Waals surface area (Å²) in [5.74, 6) is 1.85. The Kier molecular flexibility index (Phi) is 9.74. The molecule has 0 saturated carbocycles. The number of hydrogen-bond donors (Lipinski definition) is 0. The molecular weight excluding hydrogens is 877 g/mol. The van der Waals surface area contributed by atoms with Crippen LogP contribution in [0.25, 0.3) is 134 Å². The molecule has 6 nitrogen and oxygen atoms in total. The van der Waals surface area contributed by atoms with Gasteiger partial charge in [0.05, 0.1) is 33.3 Å². The number of pyridine rings is 1. The molecule has 0 amide bonds. The van der Waals surface area contributed by atoms with Gasteiger partial charge in [0.15, 0.2) is 17.5 Å². The topological polar surface area (TPSA) is 61.4 Å². The van der Waals surface area contributed by atoms with E-state index in [1.807, 2.05) is 60.7 Å². The van der Waals surface area contributed by atoms with Gasteiger partial charge in [0.25, 0.3) is 0 Å². The van der Waals surface area contributed by atoms with Gasteiger partial charge in [0.1, 0.15) is 0 Å². The van der Waals surface area contributed by atoms with Crippen LogP contribution in [0.2, 0.25) is 0 Å². The van der Waals surface area contributed by atoms with Crippen LogP contribution in [0.1, 0.15) is 0 Å². The molecule has 0 aliphatic heterocycles. The Morgan fingerprint density at radius 1 is 0.236 bits per heavy atom. The van der Waals surface area contributed by atoms with Crippen LogP contribution < -0.4 is 0 Å². The van der Waals surface area contributed by atoms with Crippen LogP contribution in [0.5, 0.6) is 0 Å². The van der Waals surface area contributed by atoms with E-state index in [0.717, 1.165) is 78.0 Å². The molecule has 6 heteroatoms. The van der Waals surface area contributed by atoms with Crippen LogP contribution in [0, 0.1) is 0 Å². The molecule has 4 heterocycles. The molecule has 0 fully saturated rings. The maximum absolute atomic E-state index is 5.47. The van der Waals surface area contributed by atoms with Crippen molar-refractivity contribution in [1.29, 1.82) is 0 Å². The van der Waals surface area contributed by atoms with E-state index in [0.29, 0.717) is 17.5 Å². The lowest BCUT2D eigenvalue weighted by Crippen LogP contribution is -2.00. The van der Waals surface area contributed by atoms with E-state index in [4.69, 9.17) is 19.9 Å². The SMILES string of the molecule is c1ccc(-c2nc(-c3ccccc3)nc(-c3cccc(-c4cc(-c5ccc6c(c5)c5ccccc5n6-c5ccccc5)nc5ccc(-c6ccc7c(c6)c6ccccc6n7-c6ccccc6)cc45)c3)n2)cc1. The predicted molar refractivity (Wildman–Crippen MR) is 296 cm³/mol. The minimum atomic E-state index is 0.604. The molecule has 0 radical (unpaired) electrons. The van der Waals surface area contributed by atoms with Gasteiger partial charge in [-0.25, -0.2) is 19.9 Å². The molecule has 0 saturated heterocycles. The average molecular weight is 919 g/mol. The summed E-state index contributed by atoms with van der Waals surface area (Å²) in [4.78, 5) is 20.7. The zero-order chi connectivity index (χ0) is 47.5. The lowest BCUT2D eigenvalue weighted by molar-refractivity contribution is 1.07. The molecule has 0 aliphatic carbocycles. The van der Waals surface area contributed by atoms with Crippen molar-refractivity contribution in [3.05, 3.63) is 255 Å². The van der Waals surface area contributed by atoms with Crippen molar-refractivity contribution in [2.45, 2.75) is 0 Å². The first-order valence-corrected chi connectivity index (χ1v) is 24.3. The summed E-state index contributed by atoms with van der Waals surface area (Å²) in [5, 5.41) is 5.85. The quantitative estimate of drug-likeness (QED) is 0.152. The smallest absolute Gasteiger partial charge is 0.164 e. The summed E-state index contributed by atoms with van der Waals surface area (Å²) in [6.07, 6.45) is 0. The highest BCUT2D eigenvalue weighted by Crippen LogP contribution is 2.41. The third-order valence-electron chi connectivity index (χ3n) is 13.9. The van der Waals surface area contributed by atoms with Crippen molar-refractivity contribution >= 4 is 54.5 Å². The van der Waals surface area contributed by atoms with E-state index in [9.17, 15) is 0 Å². The zero-order valence-corrected chi connectivity index (χ0v) is 38.9. The van der Waals surface area contributed by atoms with Crippen molar-refractivity contribution < 1.29 is 0 Å². The number of benzene rings is 10. The molecule has 0 N–H and O–H groups in total. The number of fused-ring (bicyclic) bond motifs is 7. The van der Waals surface area contributed by atoms with Crippen molar-refractivity contribution in [3.8, 4) is 79.0 Å². The van der Waals surface area contributed by atoms with E-state index in [1.165, 1.54) is 38.1 Å². The van der Waals surface area contributed by atoms with E-state index in [2.05, 4.69) is 203 Å². The lowest BCUT2D eigenvalue weighted by atomic mass is 9.94. The highest BCUT2D eigenvalue weighted by atomic mass is 15.0. The maximum Gasteiger partial charge on any atom is 0.164 e. The number of rotatable bonds is 8. The van der Waals surface area contributed by atoms with Crippen molar-refractivity contribution in [1.82, 2.24) is 29.1 Å². The van der Waals surface area contributed by atoms with E-state index in [1.54, 1.807) is 0 Å². The molecule has 0 bridgehead atoms. The standard InChI is InChI=1S/C66H42N6/c1-5-18-43(19-6-1)64-68-65(44-20-7-2-8-21-44)70-66(69-64)49-23-17-22-47(38-49)54-42-59(48-34-37-63-57(41-48)53-29-14-16-31-61(53)72(63)51-26-11-4-12-27-51)67-58-35-32-45(39-55(54)58)46-33-36-62-56(40-46)52-28-13-15-30-60(52)71(62)50-24-9-3-10-25-50/h1-42H. The minimum Gasteiger partial charge on any atom is -0.309 e. The summed E-state index contributed by atoms with van der Waals surface area (Å²) in [5.41, 5.74) is 16.9. The Labute approximate surface area is 415 Å². The van der Waals surface area contributed by atoms with Gasteiger partial charge in [-0.05, 0) is 107 Å². The van der Waals surface area contributed by atoms with Gasteiger partial charge >= 0.3 is 0 Å². The van der Waals surface area contributed by atoms with Crippen LogP contribution in [0.4, 0.5) is 0 Å². The first-order valence-electron chi connectivity index (χ1n) is 24.3. The molecular formula is C66H42N6. The second kappa shape index (κ2) is 17.0. The number of para-hydroxylation sites is 4. The normalized spacial score (nSPS) is 11.6. The third kappa shape index (κ3) is 7.04. The van der Waals surface area contributed by atoms with Gasteiger partial charge in [-0.1, -0.05) is 170 Å². The van der Waals surface area contributed by atoms with Gasteiger partial charge in [-0.2, -0.15) is 0 Å². The molecule has 10 aromatic carbocycles. The molecule has 0 spiro atoms. The first-order chi connectivity index (χ1) is 35.7. The lowest BCUT2D eigenvalue weighted by Gasteiger charge is -2.14. The van der Waals surface area contributed by atoms with Crippen LogP contribution in [-0.2, 0) is 0 Å². The second-order valence-corrected chi connectivity index (χ2v) is 18.2. The largest absolute Gasteiger partial charge is 0.309 e. The Morgan fingerprint density at radius 3 is 1.22 bits per heavy atom. The van der Waals surface area contributed by atoms with Gasteiger partial charge in [-0.3, -0.25) is 0 Å². The van der Waals surface area contributed by atoms with Gasteiger partial charge in [0, 0.05) is 60.6 Å². The molecule has 4 aromatic heterocycles. The maximum atomic E-state index is 5.47. The molecule has 0 atom stereocenters. The fraction of sp³-hybridized carbons (Fsp3) is 0. The number of aromatic nitrogens is 6. The summed E-state index contributed by atoms with van der Waals surface area (Å²) in [6.45, 7) is 0. The van der Waals surface area contributed by atoms with E-state index >= 15 is 0 Å². The van der Waals surface area contributed by atoms with Crippen LogP contribution >= 0.6 is 0 Å². The summed E-state index contributed by atoms with van der Waals surface area (Å²) < 4.78 is 4.71. The highest BCUT2D eigenvalue weighted by Gasteiger charge is 2.19. The summed E-state index contributed by atoms with van der Waals surface area (Å²) in [6, 6.07) is 90.0. The minimum absolute atomic E-state index is 0.604. The average Bonchev–Trinajstić information content (AvgIpc) is 3.98. The van der Waals surface area contributed by atoms with Crippen molar-refractivity contribution in [2.24, 2.45) is 0 Å². The molecule has 0 unspecified atom stereocenters. The Morgan fingerprint density at radius 2 is 0.653 bits per heavy atom. The van der Waals surface area contributed by atoms with Crippen molar-refractivity contribution in [2.75, 3.05) is 0 Å². The number of hydrogen-bond acceptors (Lipinski definition) is 4. The Hall–Kier alpha value is -9.78. The van der Waals surface area contributed by atoms with Crippen molar-refractivity contribution in [3.63, 3.8) is 0 Å². The zero-order valence-electron chi connectivity index (χ0n) is 38.9. The van der Waals surface area contributed by atoms with Gasteiger partial charge in [0.2, 0.25) is 0 Å². The molecule has 72 heavy (non-hydrogen) atoms. The summed E-state index contributed by atoms with van der Waals surface area (Å²) >= 11 is 0. The monoisotopic (exact) mass is 918 g/mol. The predicted octanol–water partition coefficient (Wildman–Crippen LogP) is 16.6. The highest BCUT2D eigenvalue weighted by molar-refractivity contribution is 6.12. The Balaban J connectivity index is 0.962. The molecule has 14 rings (SSSR count).